The maximum atomic E-state index is 12.7. The van der Waals surface area contributed by atoms with Crippen LogP contribution >= 0.6 is 0 Å². The Morgan fingerprint density at radius 3 is 2.36 bits per heavy atom. The molecule has 4 heterocycles. The van der Waals surface area contributed by atoms with Crippen LogP contribution in [0.4, 0.5) is 13.2 Å². The molecule has 1 N–H and O–H groups in total. The van der Waals surface area contributed by atoms with Gasteiger partial charge in [-0.2, -0.15) is 13.2 Å². The molecule has 0 spiro atoms. The first-order valence-corrected chi connectivity index (χ1v) is 10.9. The lowest BCUT2D eigenvalue weighted by atomic mass is 9.81. The number of morpholine rings is 1. The van der Waals surface area contributed by atoms with E-state index in [0.717, 1.165) is 50.8 Å². The number of hydrogen-bond acceptors (Lipinski definition) is 7. The van der Waals surface area contributed by atoms with Gasteiger partial charge in [0.05, 0.1) is 32.1 Å². The summed E-state index contributed by atoms with van der Waals surface area (Å²) in [6.07, 6.45) is -4.49. The molecule has 33 heavy (non-hydrogen) atoms. The van der Waals surface area contributed by atoms with Gasteiger partial charge in [-0.1, -0.05) is 5.16 Å². The number of fused-ring (bicyclic) bond motifs is 1. The lowest BCUT2D eigenvalue weighted by Crippen LogP contribution is -2.44. The fraction of sp³-hybridized carbons (Fsp3) is 0.762. The molecule has 0 aromatic carbocycles. The van der Waals surface area contributed by atoms with Gasteiger partial charge >= 0.3 is 12.1 Å². The van der Waals surface area contributed by atoms with E-state index in [4.69, 9.17) is 23.9 Å². The van der Waals surface area contributed by atoms with Gasteiger partial charge in [-0.15, -0.1) is 0 Å². The maximum absolute atomic E-state index is 12.7. The molecule has 3 aliphatic heterocycles. The van der Waals surface area contributed by atoms with E-state index in [1.54, 1.807) is 0 Å². The van der Waals surface area contributed by atoms with Crippen molar-refractivity contribution >= 4 is 11.9 Å². The number of carboxylic acids is 1. The second-order valence-corrected chi connectivity index (χ2v) is 8.72. The normalized spacial score (nSPS) is 25.8. The average Bonchev–Trinajstić information content (AvgIpc) is 3.33. The molecular formula is C21H30F3N3O6. The summed E-state index contributed by atoms with van der Waals surface area (Å²) in [4.78, 5) is 26.0. The number of halogens is 3. The number of carbonyl (C=O) groups excluding carboxylic acids is 1. The summed E-state index contributed by atoms with van der Waals surface area (Å²) in [5.74, 6) is -0.216. The van der Waals surface area contributed by atoms with Crippen molar-refractivity contribution in [2.75, 3.05) is 52.6 Å². The number of nitrogens with zero attached hydrogens (tertiary/aromatic N) is 3. The number of likely N-dealkylation sites (tertiary alicyclic amines) is 1. The number of hydrogen-bond donors (Lipinski definition) is 1. The summed E-state index contributed by atoms with van der Waals surface area (Å²) in [7, 11) is 0. The monoisotopic (exact) mass is 477 g/mol. The lowest BCUT2D eigenvalue weighted by Gasteiger charge is -2.35. The topological polar surface area (TPSA) is 105 Å². The zero-order valence-corrected chi connectivity index (χ0v) is 18.8. The van der Waals surface area contributed by atoms with Crippen LogP contribution in [0.2, 0.25) is 0 Å². The van der Waals surface area contributed by atoms with Crippen molar-refractivity contribution in [3.8, 4) is 0 Å². The predicted molar refractivity (Wildman–Crippen MR) is 108 cm³/mol. The summed E-state index contributed by atoms with van der Waals surface area (Å²) >= 11 is 0. The van der Waals surface area contributed by atoms with Crippen LogP contribution in [0.1, 0.15) is 23.4 Å². The number of rotatable bonds is 4. The van der Waals surface area contributed by atoms with Crippen LogP contribution in [0.3, 0.4) is 0 Å². The van der Waals surface area contributed by atoms with E-state index in [1.165, 1.54) is 5.56 Å². The molecule has 1 amide bonds. The molecule has 1 aromatic heterocycles. The van der Waals surface area contributed by atoms with Gasteiger partial charge in [-0.3, -0.25) is 9.69 Å². The summed E-state index contributed by atoms with van der Waals surface area (Å²) in [5, 5.41) is 11.2. The van der Waals surface area contributed by atoms with Gasteiger partial charge in [-0.25, -0.2) is 4.79 Å². The van der Waals surface area contributed by atoms with Gasteiger partial charge in [0.1, 0.15) is 5.76 Å². The molecule has 3 fully saturated rings. The Bertz CT molecular complexity index is 805. The Hall–Kier alpha value is -2.18. The van der Waals surface area contributed by atoms with E-state index in [9.17, 15) is 18.0 Å². The molecule has 3 saturated heterocycles. The molecule has 0 unspecified atom stereocenters. The third kappa shape index (κ3) is 6.67. The molecule has 9 nitrogen and oxygen atoms in total. The minimum absolute atomic E-state index is 0.256. The molecule has 1 aromatic rings. The van der Waals surface area contributed by atoms with Crippen LogP contribution in [0.15, 0.2) is 4.52 Å². The van der Waals surface area contributed by atoms with Crippen molar-refractivity contribution < 1.29 is 41.9 Å². The molecule has 0 bridgehead atoms. The van der Waals surface area contributed by atoms with E-state index in [0.29, 0.717) is 44.0 Å². The van der Waals surface area contributed by atoms with Gasteiger partial charge in [0.15, 0.2) is 0 Å². The largest absolute Gasteiger partial charge is 0.490 e. The molecule has 4 rings (SSSR count). The number of aryl methyl sites for hydroxylation is 2. The van der Waals surface area contributed by atoms with Crippen molar-refractivity contribution in [2.24, 2.45) is 17.8 Å². The summed E-state index contributed by atoms with van der Waals surface area (Å²) in [5.41, 5.74) is 2.18. The lowest BCUT2D eigenvalue weighted by molar-refractivity contribution is -0.192. The summed E-state index contributed by atoms with van der Waals surface area (Å²) < 4.78 is 48.3. The first kappa shape index (κ1) is 25.4. The van der Waals surface area contributed by atoms with Crippen molar-refractivity contribution in [2.45, 2.75) is 33.0 Å². The highest BCUT2D eigenvalue weighted by molar-refractivity contribution is 5.76. The van der Waals surface area contributed by atoms with E-state index >= 15 is 0 Å². The van der Waals surface area contributed by atoms with Crippen molar-refractivity contribution in [1.29, 1.82) is 0 Å². The van der Waals surface area contributed by atoms with Gasteiger partial charge in [0.25, 0.3) is 0 Å². The van der Waals surface area contributed by atoms with E-state index in [2.05, 4.69) is 10.1 Å². The van der Waals surface area contributed by atoms with Crippen LogP contribution in [0.5, 0.6) is 0 Å². The number of carbonyl (C=O) groups is 2. The SMILES string of the molecule is Cc1noc(C)c1CN1C[C@@H]2COC[C@@H](CC(=O)N3CCOCC3)[C@@H]2C1.O=C(O)C(F)(F)F. The summed E-state index contributed by atoms with van der Waals surface area (Å²) in [6, 6.07) is 0. The molecule has 0 radical (unpaired) electrons. The van der Waals surface area contributed by atoms with Crippen LogP contribution in [0, 0.1) is 31.6 Å². The molecule has 12 heteroatoms. The minimum Gasteiger partial charge on any atom is -0.475 e. The Morgan fingerprint density at radius 2 is 1.79 bits per heavy atom. The summed E-state index contributed by atoms with van der Waals surface area (Å²) in [6.45, 7) is 11.2. The second-order valence-electron chi connectivity index (χ2n) is 8.72. The third-order valence-corrected chi connectivity index (χ3v) is 6.44. The smallest absolute Gasteiger partial charge is 0.475 e. The number of amides is 1. The van der Waals surface area contributed by atoms with E-state index < -0.39 is 12.1 Å². The molecule has 3 aliphatic rings. The fourth-order valence-corrected chi connectivity index (χ4v) is 4.65. The predicted octanol–water partition coefficient (Wildman–Crippen LogP) is 1.87. The molecule has 0 saturated carbocycles. The van der Waals surface area contributed by atoms with Gasteiger partial charge in [-0.05, 0) is 31.6 Å². The first-order chi connectivity index (χ1) is 15.6. The average molecular weight is 477 g/mol. The number of alkyl halides is 3. The van der Waals surface area contributed by atoms with Crippen molar-refractivity contribution in [3.63, 3.8) is 0 Å². The Balaban J connectivity index is 0.000000383. The highest BCUT2D eigenvalue weighted by Gasteiger charge is 2.42. The van der Waals surface area contributed by atoms with Crippen LogP contribution in [0.25, 0.3) is 0 Å². The zero-order valence-electron chi connectivity index (χ0n) is 18.8. The van der Waals surface area contributed by atoms with E-state index in [-0.39, 0.29) is 5.91 Å². The highest BCUT2D eigenvalue weighted by Crippen LogP contribution is 2.37. The zero-order chi connectivity index (χ0) is 24.2. The van der Waals surface area contributed by atoms with E-state index in [1.807, 2.05) is 18.7 Å². The number of carboxylic acid groups (broad SMARTS) is 1. The molecule has 3 atom stereocenters. The van der Waals surface area contributed by atoms with Crippen LogP contribution in [-0.2, 0) is 25.6 Å². The van der Waals surface area contributed by atoms with Crippen LogP contribution < -0.4 is 0 Å². The highest BCUT2D eigenvalue weighted by atomic mass is 19.4. The second kappa shape index (κ2) is 10.8. The Labute approximate surface area is 189 Å². The minimum atomic E-state index is -5.08. The number of ether oxygens (including phenoxy) is 2. The maximum Gasteiger partial charge on any atom is 0.490 e. The standard InChI is InChI=1S/C19H29N3O4.C2HF3O2/c1-13-17(14(2)26-20-13)9-21-8-16-12-25-11-15(18(16)10-21)7-19(23)22-3-5-24-6-4-22;3-2(4,5)1(6)7/h15-16,18H,3-12H2,1-2H3;(H,6,7)/t15-,16-,18+;/m1./s1. The third-order valence-electron chi connectivity index (χ3n) is 6.44. The van der Waals surface area contributed by atoms with Crippen LogP contribution in [-0.4, -0.2) is 90.7 Å². The fourth-order valence-electron chi connectivity index (χ4n) is 4.65. The molecule has 0 aliphatic carbocycles. The number of aromatic nitrogens is 1. The van der Waals surface area contributed by atoms with Crippen molar-refractivity contribution in [3.05, 3.63) is 17.0 Å². The number of aliphatic carboxylic acids is 1. The van der Waals surface area contributed by atoms with Gasteiger partial charge in [0, 0.05) is 44.7 Å². The molecule has 186 valence electrons. The molecular weight excluding hydrogens is 447 g/mol. The first-order valence-electron chi connectivity index (χ1n) is 10.9. The Morgan fingerprint density at radius 1 is 1.12 bits per heavy atom. The van der Waals surface area contributed by atoms with Crippen molar-refractivity contribution in [1.82, 2.24) is 15.0 Å². The quantitative estimate of drug-likeness (QED) is 0.701. The Kier molecular flexibility index (Phi) is 8.35. The van der Waals surface area contributed by atoms with Gasteiger partial charge in [0.2, 0.25) is 5.91 Å². The van der Waals surface area contributed by atoms with Gasteiger partial charge < -0.3 is 24.0 Å².